The maximum Gasteiger partial charge on any atom is 0.310 e. The first-order valence-electron chi connectivity index (χ1n) is 7.76. The van der Waals surface area contributed by atoms with Crippen LogP contribution in [0.3, 0.4) is 0 Å². The number of ether oxygens (including phenoxy) is 3. The lowest BCUT2D eigenvalue weighted by molar-refractivity contribution is -0.147. The second kappa shape index (κ2) is 7.49. The van der Waals surface area contributed by atoms with Crippen LogP contribution in [0.2, 0.25) is 0 Å². The van der Waals surface area contributed by atoms with E-state index in [-0.39, 0.29) is 17.8 Å². The number of carbonyl (C=O) groups excluding carboxylic acids is 1. The highest BCUT2D eigenvalue weighted by atomic mass is 16.5. The average Bonchev–Trinajstić information content (AvgIpc) is 2.90. The quantitative estimate of drug-likeness (QED) is 0.755. The number of benzene rings is 1. The Hall–Kier alpha value is -1.75. The Morgan fingerprint density at radius 3 is 2.64 bits per heavy atom. The van der Waals surface area contributed by atoms with Crippen molar-refractivity contribution in [2.24, 2.45) is 5.92 Å². The Labute approximate surface area is 132 Å². The van der Waals surface area contributed by atoms with Crippen LogP contribution in [0.1, 0.15) is 25.3 Å². The molecule has 1 aromatic rings. The maximum absolute atomic E-state index is 12.2. The van der Waals surface area contributed by atoms with Gasteiger partial charge in [0.15, 0.2) is 11.5 Å². The lowest BCUT2D eigenvalue weighted by atomic mass is 9.89. The largest absolute Gasteiger partial charge is 0.493 e. The standard InChI is InChI=1S/C17H25NO4/c1-5-21-15-8-7-12(9-16(15)20-4)13-10-18(3)11-14(13)17(19)22-6-2/h7-9,13-14H,5-6,10-11H2,1-4H3. The van der Waals surface area contributed by atoms with Gasteiger partial charge in [-0.15, -0.1) is 0 Å². The fourth-order valence-corrected chi connectivity index (χ4v) is 3.02. The third-order valence-corrected chi connectivity index (χ3v) is 4.01. The minimum absolute atomic E-state index is 0.119. The highest BCUT2D eigenvalue weighted by molar-refractivity contribution is 5.74. The van der Waals surface area contributed by atoms with E-state index in [1.807, 2.05) is 39.1 Å². The van der Waals surface area contributed by atoms with E-state index in [4.69, 9.17) is 14.2 Å². The van der Waals surface area contributed by atoms with Gasteiger partial charge < -0.3 is 19.1 Å². The smallest absolute Gasteiger partial charge is 0.310 e. The van der Waals surface area contributed by atoms with Crippen LogP contribution in [0.4, 0.5) is 0 Å². The molecule has 2 atom stereocenters. The number of esters is 1. The van der Waals surface area contributed by atoms with E-state index in [2.05, 4.69) is 4.90 Å². The molecule has 5 nitrogen and oxygen atoms in total. The Morgan fingerprint density at radius 1 is 1.23 bits per heavy atom. The number of rotatable bonds is 6. The monoisotopic (exact) mass is 307 g/mol. The van der Waals surface area contributed by atoms with Crippen LogP contribution in [-0.4, -0.2) is 51.3 Å². The lowest BCUT2D eigenvalue weighted by Crippen LogP contribution is -2.24. The van der Waals surface area contributed by atoms with Gasteiger partial charge in [-0.1, -0.05) is 6.07 Å². The summed E-state index contributed by atoms with van der Waals surface area (Å²) in [5.41, 5.74) is 1.09. The maximum atomic E-state index is 12.2. The van der Waals surface area contributed by atoms with Crippen LogP contribution >= 0.6 is 0 Å². The molecule has 1 aliphatic heterocycles. The number of carbonyl (C=O) groups is 1. The Kier molecular flexibility index (Phi) is 5.66. The molecule has 0 radical (unpaired) electrons. The molecule has 1 fully saturated rings. The zero-order chi connectivity index (χ0) is 16.1. The van der Waals surface area contributed by atoms with Crippen molar-refractivity contribution < 1.29 is 19.0 Å². The van der Waals surface area contributed by atoms with E-state index in [9.17, 15) is 4.79 Å². The summed E-state index contributed by atoms with van der Waals surface area (Å²) in [5.74, 6) is 1.30. The fraction of sp³-hybridized carbons (Fsp3) is 0.588. The molecule has 1 heterocycles. The van der Waals surface area contributed by atoms with Gasteiger partial charge >= 0.3 is 5.97 Å². The predicted molar refractivity (Wildman–Crippen MR) is 84.5 cm³/mol. The van der Waals surface area contributed by atoms with Gasteiger partial charge in [0.25, 0.3) is 0 Å². The van der Waals surface area contributed by atoms with Crippen molar-refractivity contribution in [3.63, 3.8) is 0 Å². The topological polar surface area (TPSA) is 48.0 Å². The zero-order valence-corrected chi connectivity index (χ0v) is 13.8. The molecule has 0 N–H and O–H groups in total. The second-order valence-corrected chi connectivity index (χ2v) is 5.53. The second-order valence-electron chi connectivity index (χ2n) is 5.53. The minimum atomic E-state index is -0.132. The molecule has 1 aliphatic rings. The van der Waals surface area contributed by atoms with Gasteiger partial charge in [0.05, 0.1) is 26.2 Å². The van der Waals surface area contributed by atoms with Crippen molar-refractivity contribution in [2.75, 3.05) is 40.5 Å². The van der Waals surface area contributed by atoms with Crippen LogP contribution in [-0.2, 0) is 9.53 Å². The average molecular weight is 307 g/mol. The van der Waals surface area contributed by atoms with Crippen LogP contribution in [0, 0.1) is 5.92 Å². The van der Waals surface area contributed by atoms with Gasteiger partial charge in [0.2, 0.25) is 0 Å². The highest BCUT2D eigenvalue weighted by Crippen LogP contribution is 2.37. The molecule has 122 valence electrons. The van der Waals surface area contributed by atoms with E-state index in [1.54, 1.807) is 7.11 Å². The summed E-state index contributed by atoms with van der Waals surface area (Å²) in [7, 11) is 3.66. The summed E-state index contributed by atoms with van der Waals surface area (Å²) in [5, 5.41) is 0. The first-order chi connectivity index (χ1) is 10.6. The number of likely N-dealkylation sites (tertiary alicyclic amines) is 1. The first kappa shape index (κ1) is 16.6. The molecular weight excluding hydrogens is 282 g/mol. The molecule has 0 aliphatic carbocycles. The highest BCUT2D eigenvalue weighted by Gasteiger charge is 2.38. The van der Waals surface area contributed by atoms with Crippen molar-refractivity contribution in [3.8, 4) is 11.5 Å². The van der Waals surface area contributed by atoms with Crippen molar-refractivity contribution in [2.45, 2.75) is 19.8 Å². The predicted octanol–water partition coefficient (Wildman–Crippen LogP) is 2.30. The van der Waals surface area contributed by atoms with E-state index in [1.165, 1.54) is 0 Å². The summed E-state index contributed by atoms with van der Waals surface area (Å²) >= 11 is 0. The summed E-state index contributed by atoms with van der Waals surface area (Å²) in [6.45, 7) is 6.34. The van der Waals surface area contributed by atoms with Gasteiger partial charge in [0, 0.05) is 19.0 Å². The number of likely N-dealkylation sites (N-methyl/N-ethyl adjacent to an activating group) is 1. The summed E-state index contributed by atoms with van der Waals surface area (Å²) in [4.78, 5) is 14.4. The van der Waals surface area contributed by atoms with E-state index >= 15 is 0 Å². The number of nitrogens with zero attached hydrogens (tertiary/aromatic N) is 1. The Bertz CT molecular complexity index is 517. The van der Waals surface area contributed by atoms with Crippen molar-refractivity contribution in [1.82, 2.24) is 4.90 Å². The molecule has 0 amide bonds. The molecule has 0 saturated carbocycles. The van der Waals surface area contributed by atoms with Gasteiger partial charge in [0.1, 0.15) is 0 Å². The van der Waals surface area contributed by atoms with Crippen molar-refractivity contribution >= 4 is 5.97 Å². The van der Waals surface area contributed by atoms with Crippen LogP contribution in [0.25, 0.3) is 0 Å². The van der Waals surface area contributed by atoms with Crippen LogP contribution < -0.4 is 9.47 Å². The third kappa shape index (κ3) is 3.53. The molecule has 1 saturated heterocycles. The molecule has 5 heteroatoms. The number of methoxy groups -OCH3 is 1. The molecule has 0 aromatic heterocycles. The summed E-state index contributed by atoms with van der Waals surface area (Å²) in [6.07, 6.45) is 0. The first-order valence-corrected chi connectivity index (χ1v) is 7.76. The molecular formula is C17H25NO4. The van der Waals surface area contributed by atoms with Crippen molar-refractivity contribution in [1.29, 1.82) is 0 Å². The molecule has 2 unspecified atom stereocenters. The van der Waals surface area contributed by atoms with Gasteiger partial charge in [-0.2, -0.15) is 0 Å². The lowest BCUT2D eigenvalue weighted by Gasteiger charge is -2.19. The Morgan fingerprint density at radius 2 is 2.00 bits per heavy atom. The number of hydrogen-bond acceptors (Lipinski definition) is 5. The fourth-order valence-electron chi connectivity index (χ4n) is 3.02. The molecule has 0 spiro atoms. The van der Waals surface area contributed by atoms with Gasteiger partial charge in [-0.05, 0) is 38.6 Å². The van der Waals surface area contributed by atoms with Crippen LogP contribution in [0.5, 0.6) is 11.5 Å². The number of hydrogen-bond donors (Lipinski definition) is 0. The van der Waals surface area contributed by atoms with E-state index in [0.717, 1.165) is 24.4 Å². The van der Waals surface area contributed by atoms with Gasteiger partial charge in [-0.25, -0.2) is 0 Å². The third-order valence-electron chi connectivity index (χ3n) is 4.01. The molecule has 2 rings (SSSR count). The normalized spacial score (nSPS) is 21.6. The SMILES string of the molecule is CCOC(=O)C1CN(C)CC1c1ccc(OCC)c(OC)c1. The van der Waals surface area contributed by atoms with E-state index in [0.29, 0.717) is 19.0 Å². The minimum Gasteiger partial charge on any atom is -0.493 e. The summed E-state index contributed by atoms with van der Waals surface area (Å²) in [6, 6.07) is 5.91. The Balaban J connectivity index is 2.26. The zero-order valence-electron chi connectivity index (χ0n) is 13.8. The summed E-state index contributed by atoms with van der Waals surface area (Å²) < 4.78 is 16.2. The van der Waals surface area contributed by atoms with Crippen molar-refractivity contribution in [3.05, 3.63) is 23.8 Å². The van der Waals surface area contributed by atoms with Crippen LogP contribution in [0.15, 0.2) is 18.2 Å². The molecule has 0 bridgehead atoms. The molecule has 22 heavy (non-hydrogen) atoms. The molecule has 1 aromatic carbocycles. The van der Waals surface area contributed by atoms with Gasteiger partial charge in [-0.3, -0.25) is 4.79 Å². The van der Waals surface area contributed by atoms with E-state index < -0.39 is 0 Å².